The van der Waals surface area contributed by atoms with E-state index in [2.05, 4.69) is 10.6 Å². The smallest absolute Gasteiger partial charge is 0.253 e. The van der Waals surface area contributed by atoms with Crippen molar-refractivity contribution in [3.05, 3.63) is 54.0 Å². The maximum atomic E-state index is 12.4. The van der Waals surface area contributed by atoms with Crippen molar-refractivity contribution in [2.24, 2.45) is 0 Å². The first-order valence-corrected chi connectivity index (χ1v) is 7.56. The van der Waals surface area contributed by atoms with Crippen LogP contribution in [0.3, 0.4) is 0 Å². The van der Waals surface area contributed by atoms with Crippen molar-refractivity contribution in [1.29, 1.82) is 0 Å². The first kappa shape index (κ1) is 15.1. The van der Waals surface area contributed by atoms with E-state index < -0.39 is 0 Å². The predicted molar refractivity (Wildman–Crippen MR) is 86.0 cm³/mol. The predicted octanol–water partition coefficient (Wildman–Crippen LogP) is 1.85. The van der Waals surface area contributed by atoms with E-state index in [0.717, 1.165) is 13.0 Å². The molecule has 0 radical (unpaired) electrons. The summed E-state index contributed by atoms with van der Waals surface area (Å²) in [5, 5.41) is 6.01. The SMILES string of the molecule is CN1CC[C@@H](Nc2ccccc2C(=O)NCc2ccco2)C1=O. The molecule has 6 nitrogen and oxygen atoms in total. The van der Waals surface area contributed by atoms with E-state index in [1.165, 1.54) is 0 Å². The van der Waals surface area contributed by atoms with Crippen molar-refractivity contribution in [2.45, 2.75) is 19.0 Å². The lowest BCUT2D eigenvalue weighted by Crippen LogP contribution is -2.32. The monoisotopic (exact) mass is 313 g/mol. The zero-order valence-electron chi connectivity index (χ0n) is 12.9. The van der Waals surface area contributed by atoms with Crippen molar-refractivity contribution < 1.29 is 14.0 Å². The molecule has 3 rings (SSSR count). The molecular formula is C17H19N3O3. The molecule has 1 fully saturated rings. The molecule has 1 aliphatic rings. The summed E-state index contributed by atoms with van der Waals surface area (Å²) in [6.07, 6.45) is 2.30. The Balaban J connectivity index is 1.70. The molecule has 1 aromatic carbocycles. The lowest BCUT2D eigenvalue weighted by Gasteiger charge is -2.16. The number of furan rings is 1. The highest BCUT2D eigenvalue weighted by Crippen LogP contribution is 2.20. The summed E-state index contributed by atoms with van der Waals surface area (Å²) < 4.78 is 5.20. The zero-order valence-corrected chi connectivity index (χ0v) is 12.9. The van der Waals surface area contributed by atoms with Gasteiger partial charge in [-0.2, -0.15) is 0 Å². The molecule has 0 saturated carbocycles. The number of likely N-dealkylation sites (N-methyl/N-ethyl adjacent to an activating group) is 1. The average molecular weight is 313 g/mol. The van der Waals surface area contributed by atoms with Crippen LogP contribution in [0.1, 0.15) is 22.5 Å². The standard InChI is InChI=1S/C17H19N3O3/c1-20-9-8-15(17(20)22)19-14-7-3-2-6-13(14)16(21)18-11-12-5-4-10-23-12/h2-7,10,15,19H,8-9,11H2,1H3,(H,18,21)/t15-/m1/s1. The molecule has 1 aliphatic heterocycles. The van der Waals surface area contributed by atoms with Crippen LogP contribution in [-0.4, -0.2) is 36.3 Å². The van der Waals surface area contributed by atoms with Gasteiger partial charge in [-0.15, -0.1) is 0 Å². The van der Waals surface area contributed by atoms with Gasteiger partial charge in [0.2, 0.25) is 5.91 Å². The number of rotatable bonds is 5. The van der Waals surface area contributed by atoms with Crippen LogP contribution < -0.4 is 10.6 Å². The van der Waals surface area contributed by atoms with Gasteiger partial charge in [0, 0.05) is 19.3 Å². The number of nitrogens with zero attached hydrogens (tertiary/aromatic N) is 1. The van der Waals surface area contributed by atoms with Crippen molar-refractivity contribution in [3.63, 3.8) is 0 Å². The third-order valence-corrected chi connectivity index (χ3v) is 3.93. The van der Waals surface area contributed by atoms with Gasteiger partial charge in [0.05, 0.1) is 18.4 Å². The lowest BCUT2D eigenvalue weighted by molar-refractivity contribution is -0.127. The molecular weight excluding hydrogens is 294 g/mol. The molecule has 2 N–H and O–H groups in total. The molecule has 2 aromatic rings. The number of hydrogen-bond acceptors (Lipinski definition) is 4. The maximum absolute atomic E-state index is 12.4. The highest BCUT2D eigenvalue weighted by atomic mass is 16.3. The molecule has 6 heteroatoms. The summed E-state index contributed by atoms with van der Waals surface area (Å²) in [7, 11) is 1.78. The molecule has 0 aliphatic carbocycles. The number of amides is 2. The summed E-state index contributed by atoms with van der Waals surface area (Å²) >= 11 is 0. The largest absolute Gasteiger partial charge is 0.467 e. The normalized spacial score (nSPS) is 17.3. The van der Waals surface area contributed by atoms with Crippen molar-refractivity contribution >= 4 is 17.5 Å². The molecule has 23 heavy (non-hydrogen) atoms. The Morgan fingerprint density at radius 3 is 2.83 bits per heavy atom. The summed E-state index contributed by atoms with van der Waals surface area (Å²) in [5.74, 6) is 0.537. The number of anilines is 1. The number of carbonyl (C=O) groups excluding carboxylic acids is 2. The van der Waals surface area contributed by atoms with Gasteiger partial charge in [-0.3, -0.25) is 9.59 Å². The van der Waals surface area contributed by atoms with Gasteiger partial charge in [0.25, 0.3) is 5.91 Å². The Labute approximate surface area is 134 Å². The third-order valence-electron chi connectivity index (χ3n) is 3.93. The number of para-hydroxylation sites is 1. The van der Waals surface area contributed by atoms with Crippen molar-refractivity contribution in [1.82, 2.24) is 10.2 Å². The summed E-state index contributed by atoms with van der Waals surface area (Å²) in [6, 6.07) is 10.5. The van der Waals surface area contributed by atoms with Crippen LogP contribution in [0, 0.1) is 0 Å². The molecule has 1 saturated heterocycles. The number of benzene rings is 1. The van der Waals surface area contributed by atoms with E-state index in [-0.39, 0.29) is 17.9 Å². The van der Waals surface area contributed by atoms with Crippen LogP contribution >= 0.6 is 0 Å². The Morgan fingerprint density at radius 2 is 2.13 bits per heavy atom. The summed E-state index contributed by atoms with van der Waals surface area (Å²) in [5.41, 5.74) is 1.18. The first-order chi connectivity index (χ1) is 11.1. The molecule has 1 atom stereocenters. The third kappa shape index (κ3) is 3.36. The van der Waals surface area contributed by atoms with Gasteiger partial charge in [-0.05, 0) is 30.7 Å². The van der Waals surface area contributed by atoms with Crippen LogP contribution in [0.5, 0.6) is 0 Å². The Hall–Kier alpha value is -2.76. The number of nitrogens with one attached hydrogen (secondary N) is 2. The number of likely N-dealkylation sites (tertiary alicyclic amines) is 1. The molecule has 1 aromatic heterocycles. The Kier molecular flexibility index (Phi) is 4.32. The van der Waals surface area contributed by atoms with Crippen LogP contribution in [0.4, 0.5) is 5.69 Å². The molecule has 2 amide bonds. The highest BCUT2D eigenvalue weighted by Gasteiger charge is 2.29. The zero-order chi connectivity index (χ0) is 16.2. The molecule has 120 valence electrons. The van der Waals surface area contributed by atoms with E-state index in [1.54, 1.807) is 42.5 Å². The van der Waals surface area contributed by atoms with Crippen LogP contribution in [0.15, 0.2) is 47.1 Å². The molecule has 2 heterocycles. The second kappa shape index (κ2) is 6.56. The topological polar surface area (TPSA) is 74.6 Å². The van der Waals surface area contributed by atoms with Gasteiger partial charge in [-0.1, -0.05) is 12.1 Å². The second-order valence-corrected chi connectivity index (χ2v) is 5.55. The van der Waals surface area contributed by atoms with Crippen molar-refractivity contribution in [3.8, 4) is 0 Å². The fraction of sp³-hybridized carbons (Fsp3) is 0.294. The highest BCUT2D eigenvalue weighted by molar-refractivity contribution is 6.00. The summed E-state index contributed by atoms with van der Waals surface area (Å²) in [4.78, 5) is 26.1. The molecule has 0 bridgehead atoms. The van der Waals surface area contributed by atoms with E-state index in [0.29, 0.717) is 23.6 Å². The minimum absolute atomic E-state index is 0.0517. The minimum Gasteiger partial charge on any atom is -0.467 e. The number of hydrogen-bond donors (Lipinski definition) is 2. The summed E-state index contributed by atoms with van der Waals surface area (Å²) in [6.45, 7) is 1.05. The minimum atomic E-state index is -0.279. The van der Waals surface area contributed by atoms with E-state index in [9.17, 15) is 9.59 Å². The first-order valence-electron chi connectivity index (χ1n) is 7.56. The second-order valence-electron chi connectivity index (χ2n) is 5.55. The van der Waals surface area contributed by atoms with Crippen LogP contribution in [0.25, 0.3) is 0 Å². The van der Waals surface area contributed by atoms with Gasteiger partial charge >= 0.3 is 0 Å². The lowest BCUT2D eigenvalue weighted by atomic mass is 10.1. The fourth-order valence-corrected chi connectivity index (χ4v) is 2.63. The molecule has 0 spiro atoms. The van der Waals surface area contributed by atoms with Gasteiger partial charge in [-0.25, -0.2) is 0 Å². The number of carbonyl (C=O) groups is 2. The van der Waals surface area contributed by atoms with Gasteiger partial charge in [0.15, 0.2) is 0 Å². The van der Waals surface area contributed by atoms with Crippen LogP contribution in [-0.2, 0) is 11.3 Å². The van der Waals surface area contributed by atoms with E-state index in [4.69, 9.17) is 4.42 Å². The average Bonchev–Trinajstić information content (AvgIpc) is 3.19. The quantitative estimate of drug-likeness (QED) is 0.883. The van der Waals surface area contributed by atoms with Crippen LogP contribution in [0.2, 0.25) is 0 Å². The fourth-order valence-electron chi connectivity index (χ4n) is 2.63. The van der Waals surface area contributed by atoms with Gasteiger partial charge in [0.1, 0.15) is 11.8 Å². The Bertz CT molecular complexity index is 697. The maximum Gasteiger partial charge on any atom is 0.253 e. The van der Waals surface area contributed by atoms with Gasteiger partial charge < -0.3 is 20.0 Å². The molecule has 0 unspecified atom stereocenters. The van der Waals surface area contributed by atoms with E-state index in [1.807, 2.05) is 12.1 Å². The van der Waals surface area contributed by atoms with Crippen molar-refractivity contribution in [2.75, 3.05) is 18.9 Å². The van der Waals surface area contributed by atoms with E-state index >= 15 is 0 Å². The Morgan fingerprint density at radius 1 is 1.30 bits per heavy atom.